The zero-order chi connectivity index (χ0) is 11.4. The molecule has 1 heterocycles. The minimum Gasteiger partial charge on any atom is -0.340 e. The van der Waals surface area contributed by atoms with Crippen molar-refractivity contribution >= 4 is 5.91 Å². The topological polar surface area (TPSA) is 43.8 Å². The van der Waals surface area contributed by atoms with Crippen molar-refractivity contribution in [2.45, 2.75) is 6.42 Å². The first-order valence-electron chi connectivity index (χ1n) is 5.51. The molecule has 0 unspecified atom stereocenters. The van der Waals surface area contributed by atoms with Gasteiger partial charge in [0.15, 0.2) is 0 Å². The first-order chi connectivity index (χ1) is 7.75. The maximum Gasteiger partial charge on any atom is 0.227 e. The second-order valence-corrected chi connectivity index (χ2v) is 4.00. The van der Waals surface area contributed by atoms with Gasteiger partial charge < -0.3 is 10.1 Å². The summed E-state index contributed by atoms with van der Waals surface area (Å²) >= 11 is 0. The highest BCUT2D eigenvalue weighted by molar-refractivity contribution is 5.78. The van der Waals surface area contributed by atoms with Crippen molar-refractivity contribution in [1.82, 2.24) is 9.96 Å². The predicted octanol–water partition coefficient (Wildman–Crippen LogP) is 0.762. The van der Waals surface area contributed by atoms with E-state index in [1.807, 2.05) is 30.3 Å². The molecule has 0 saturated carbocycles. The molecule has 1 saturated heterocycles. The summed E-state index contributed by atoms with van der Waals surface area (Å²) in [4.78, 5) is 13.7. The van der Waals surface area contributed by atoms with Crippen molar-refractivity contribution in [1.29, 1.82) is 0 Å². The first kappa shape index (κ1) is 11.1. The third-order valence-corrected chi connectivity index (χ3v) is 2.81. The molecule has 0 bridgehead atoms. The quantitative estimate of drug-likeness (QED) is 0.800. The van der Waals surface area contributed by atoms with Crippen LogP contribution in [0, 0.1) is 0 Å². The van der Waals surface area contributed by atoms with E-state index in [0.717, 1.165) is 5.56 Å². The van der Waals surface area contributed by atoms with Gasteiger partial charge in [0.1, 0.15) is 0 Å². The standard InChI is InChI=1S/C12H16N2O2/c15-12(10-11-4-2-1-3-5-11)13-6-8-14(16)9-7-13/h1-5,16H,6-10H2. The molecule has 0 aliphatic carbocycles. The number of hydrogen-bond donors (Lipinski definition) is 1. The Morgan fingerprint density at radius 1 is 1.12 bits per heavy atom. The zero-order valence-electron chi connectivity index (χ0n) is 9.17. The molecule has 0 atom stereocenters. The van der Waals surface area contributed by atoms with Gasteiger partial charge in [-0.3, -0.25) is 4.79 Å². The molecule has 4 nitrogen and oxygen atoms in total. The monoisotopic (exact) mass is 220 g/mol. The molecule has 1 amide bonds. The molecule has 1 aromatic carbocycles. The van der Waals surface area contributed by atoms with Gasteiger partial charge in [-0.25, -0.2) is 0 Å². The minimum absolute atomic E-state index is 0.138. The average molecular weight is 220 g/mol. The molecule has 0 aromatic heterocycles. The third-order valence-electron chi connectivity index (χ3n) is 2.81. The van der Waals surface area contributed by atoms with E-state index >= 15 is 0 Å². The highest BCUT2D eigenvalue weighted by Crippen LogP contribution is 2.05. The number of hydroxylamine groups is 2. The molecule has 0 radical (unpaired) electrons. The Morgan fingerprint density at radius 3 is 2.38 bits per heavy atom. The number of nitrogens with zero attached hydrogens (tertiary/aromatic N) is 2. The summed E-state index contributed by atoms with van der Waals surface area (Å²) in [6.07, 6.45) is 0.451. The van der Waals surface area contributed by atoms with Gasteiger partial charge in [-0.2, -0.15) is 5.06 Å². The second kappa shape index (κ2) is 5.09. The van der Waals surface area contributed by atoms with Crippen molar-refractivity contribution in [2.24, 2.45) is 0 Å². The van der Waals surface area contributed by atoms with Gasteiger partial charge >= 0.3 is 0 Å². The maximum atomic E-state index is 11.9. The zero-order valence-corrected chi connectivity index (χ0v) is 9.17. The van der Waals surface area contributed by atoms with Gasteiger partial charge in [-0.15, -0.1) is 0 Å². The Kier molecular flexibility index (Phi) is 3.54. The molecule has 1 N–H and O–H groups in total. The number of piperazine rings is 1. The largest absolute Gasteiger partial charge is 0.340 e. The smallest absolute Gasteiger partial charge is 0.227 e. The molecule has 16 heavy (non-hydrogen) atoms. The molecule has 2 rings (SSSR count). The average Bonchev–Trinajstić information content (AvgIpc) is 2.31. The van der Waals surface area contributed by atoms with Gasteiger partial charge in [0.05, 0.1) is 6.42 Å². The normalized spacial score (nSPS) is 17.4. The van der Waals surface area contributed by atoms with Crippen LogP contribution in [0.5, 0.6) is 0 Å². The van der Waals surface area contributed by atoms with E-state index in [1.165, 1.54) is 5.06 Å². The van der Waals surface area contributed by atoms with Crippen LogP contribution in [-0.2, 0) is 11.2 Å². The molecule has 1 fully saturated rings. The first-order valence-corrected chi connectivity index (χ1v) is 5.51. The second-order valence-electron chi connectivity index (χ2n) is 4.00. The Labute approximate surface area is 95.0 Å². The molecule has 86 valence electrons. The summed E-state index contributed by atoms with van der Waals surface area (Å²) in [6, 6.07) is 9.74. The van der Waals surface area contributed by atoms with Crippen molar-refractivity contribution in [2.75, 3.05) is 26.2 Å². The summed E-state index contributed by atoms with van der Waals surface area (Å²) in [6.45, 7) is 2.31. The van der Waals surface area contributed by atoms with Crippen molar-refractivity contribution in [3.05, 3.63) is 35.9 Å². The van der Waals surface area contributed by atoms with E-state index in [2.05, 4.69) is 0 Å². The summed E-state index contributed by atoms with van der Waals surface area (Å²) in [5.41, 5.74) is 1.04. The van der Waals surface area contributed by atoms with Crippen molar-refractivity contribution in [3.63, 3.8) is 0 Å². The molecular formula is C12H16N2O2. The van der Waals surface area contributed by atoms with Crippen molar-refractivity contribution < 1.29 is 10.0 Å². The fourth-order valence-corrected chi connectivity index (χ4v) is 1.83. The van der Waals surface area contributed by atoms with Crippen LogP contribution in [0.25, 0.3) is 0 Å². The van der Waals surface area contributed by atoms with E-state index in [1.54, 1.807) is 4.90 Å². The van der Waals surface area contributed by atoms with Gasteiger partial charge in [0, 0.05) is 26.2 Å². The predicted molar refractivity (Wildman–Crippen MR) is 60.1 cm³/mol. The minimum atomic E-state index is 0.138. The molecule has 4 heteroatoms. The van der Waals surface area contributed by atoms with Gasteiger partial charge in [0.2, 0.25) is 5.91 Å². The van der Waals surface area contributed by atoms with Crippen LogP contribution >= 0.6 is 0 Å². The Hall–Kier alpha value is -1.39. The molecule has 1 aliphatic rings. The molecule has 0 spiro atoms. The summed E-state index contributed by atoms with van der Waals surface area (Å²) in [7, 11) is 0. The van der Waals surface area contributed by atoms with Crippen LogP contribution in [-0.4, -0.2) is 47.3 Å². The van der Waals surface area contributed by atoms with E-state index in [4.69, 9.17) is 0 Å². The van der Waals surface area contributed by atoms with Gasteiger partial charge in [0.25, 0.3) is 0 Å². The third kappa shape index (κ3) is 2.81. The van der Waals surface area contributed by atoms with Gasteiger partial charge in [-0.05, 0) is 5.56 Å². The lowest BCUT2D eigenvalue weighted by Crippen LogP contribution is -2.47. The number of carbonyl (C=O) groups is 1. The molecule has 1 aromatic rings. The Morgan fingerprint density at radius 2 is 1.75 bits per heavy atom. The van der Waals surface area contributed by atoms with E-state index in [-0.39, 0.29) is 5.91 Å². The van der Waals surface area contributed by atoms with E-state index < -0.39 is 0 Å². The van der Waals surface area contributed by atoms with Crippen LogP contribution in [0.1, 0.15) is 5.56 Å². The number of hydrogen-bond acceptors (Lipinski definition) is 3. The highest BCUT2D eigenvalue weighted by atomic mass is 16.5. The number of rotatable bonds is 2. The van der Waals surface area contributed by atoms with Crippen LogP contribution in [0.15, 0.2) is 30.3 Å². The van der Waals surface area contributed by atoms with E-state index in [0.29, 0.717) is 32.6 Å². The fourth-order valence-electron chi connectivity index (χ4n) is 1.83. The lowest BCUT2D eigenvalue weighted by Gasteiger charge is -2.31. The summed E-state index contributed by atoms with van der Waals surface area (Å²) < 4.78 is 0. The van der Waals surface area contributed by atoms with Crippen LogP contribution in [0.3, 0.4) is 0 Å². The van der Waals surface area contributed by atoms with Crippen LogP contribution in [0.4, 0.5) is 0 Å². The Balaban J connectivity index is 1.89. The van der Waals surface area contributed by atoms with E-state index in [9.17, 15) is 10.0 Å². The number of amides is 1. The lowest BCUT2D eigenvalue weighted by molar-refractivity contribution is -0.145. The summed E-state index contributed by atoms with van der Waals surface area (Å²) in [5.74, 6) is 0.138. The molecule has 1 aliphatic heterocycles. The highest BCUT2D eigenvalue weighted by Gasteiger charge is 2.19. The number of carbonyl (C=O) groups excluding carboxylic acids is 1. The number of benzene rings is 1. The maximum absolute atomic E-state index is 11.9. The Bertz CT molecular complexity index is 345. The lowest BCUT2D eigenvalue weighted by atomic mass is 10.1. The van der Waals surface area contributed by atoms with Crippen LogP contribution < -0.4 is 0 Å². The van der Waals surface area contributed by atoms with Gasteiger partial charge in [-0.1, -0.05) is 30.3 Å². The molecular weight excluding hydrogens is 204 g/mol. The van der Waals surface area contributed by atoms with Crippen molar-refractivity contribution in [3.8, 4) is 0 Å². The summed E-state index contributed by atoms with van der Waals surface area (Å²) in [5, 5.41) is 10.5. The van der Waals surface area contributed by atoms with Crippen LogP contribution in [0.2, 0.25) is 0 Å². The fraction of sp³-hybridized carbons (Fsp3) is 0.417. The SMILES string of the molecule is O=C(Cc1ccccc1)N1CCN(O)CC1.